The molecule has 0 radical (unpaired) electrons. The number of carbonyl (C=O) groups is 1. The lowest BCUT2D eigenvalue weighted by Gasteiger charge is -2.37. The minimum atomic E-state index is -0.267. The molecule has 2 fully saturated rings. The zero-order valence-corrected chi connectivity index (χ0v) is 18.3. The Morgan fingerprint density at radius 2 is 2.13 bits per heavy atom. The van der Waals surface area contributed by atoms with E-state index in [-0.39, 0.29) is 11.3 Å². The summed E-state index contributed by atoms with van der Waals surface area (Å²) >= 11 is 0. The summed E-state index contributed by atoms with van der Waals surface area (Å²) < 4.78 is 0. The second-order valence-electron chi connectivity index (χ2n) is 9.39. The van der Waals surface area contributed by atoms with Gasteiger partial charge in [0.05, 0.1) is 17.7 Å². The second kappa shape index (κ2) is 9.25. The summed E-state index contributed by atoms with van der Waals surface area (Å²) in [5.74, 6) is 0.834. The Balaban J connectivity index is 1.47. The third-order valence-electron chi connectivity index (χ3n) is 7.04. The lowest BCUT2D eigenvalue weighted by Crippen LogP contribution is -2.49. The van der Waals surface area contributed by atoms with Crippen LogP contribution in [0.3, 0.4) is 0 Å². The Labute approximate surface area is 180 Å². The van der Waals surface area contributed by atoms with E-state index in [0.29, 0.717) is 24.5 Å². The monoisotopic (exact) mass is 406 g/mol. The van der Waals surface area contributed by atoms with Gasteiger partial charge in [-0.3, -0.25) is 19.7 Å². The summed E-state index contributed by atoms with van der Waals surface area (Å²) in [7, 11) is 0. The molecule has 3 atom stereocenters. The van der Waals surface area contributed by atoms with Gasteiger partial charge >= 0.3 is 0 Å². The number of nitrogens with one attached hydrogen (secondary N) is 1. The van der Waals surface area contributed by atoms with E-state index in [1.807, 2.05) is 36.7 Å². The van der Waals surface area contributed by atoms with E-state index >= 15 is 0 Å². The number of fused-ring (bicyclic) bond motifs is 2. The predicted octanol–water partition coefficient (Wildman–Crippen LogP) is 3.99. The van der Waals surface area contributed by atoms with Gasteiger partial charge in [0.2, 0.25) is 5.91 Å². The topological polar surface area (TPSA) is 58.1 Å². The second-order valence-corrected chi connectivity index (χ2v) is 9.39. The van der Waals surface area contributed by atoms with E-state index in [0.717, 1.165) is 44.3 Å². The van der Waals surface area contributed by atoms with Crippen LogP contribution < -0.4 is 5.32 Å². The van der Waals surface area contributed by atoms with Crippen molar-refractivity contribution in [2.45, 2.75) is 71.0 Å². The van der Waals surface area contributed by atoms with Gasteiger partial charge in [-0.1, -0.05) is 26.0 Å². The Kier molecular flexibility index (Phi) is 6.47. The van der Waals surface area contributed by atoms with Crippen LogP contribution in [0.1, 0.15) is 57.2 Å². The molecule has 2 aliphatic rings. The van der Waals surface area contributed by atoms with Crippen LogP contribution in [0.25, 0.3) is 0 Å². The molecule has 2 bridgehead atoms. The maximum Gasteiger partial charge on any atom is 0.228 e. The highest BCUT2D eigenvalue weighted by Crippen LogP contribution is 2.52. The van der Waals surface area contributed by atoms with Crippen LogP contribution in [0.4, 0.5) is 0 Å². The number of pyridine rings is 2. The number of rotatable bonds is 9. The zero-order chi connectivity index (χ0) is 21.0. The first-order valence-corrected chi connectivity index (χ1v) is 11.4. The molecule has 5 nitrogen and oxygen atoms in total. The Morgan fingerprint density at radius 1 is 1.23 bits per heavy atom. The van der Waals surface area contributed by atoms with Crippen molar-refractivity contribution in [2.24, 2.45) is 11.3 Å². The number of carbonyl (C=O) groups excluding carboxylic acids is 1. The van der Waals surface area contributed by atoms with Gasteiger partial charge in [0.1, 0.15) is 0 Å². The van der Waals surface area contributed by atoms with Gasteiger partial charge < -0.3 is 5.32 Å². The largest absolute Gasteiger partial charge is 0.350 e. The summed E-state index contributed by atoms with van der Waals surface area (Å²) in [4.78, 5) is 24.8. The van der Waals surface area contributed by atoms with Crippen LogP contribution in [0.15, 0.2) is 48.9 Å². The Hall–Kier alpha value is -2.27. The van der Waals surface area contributed by atoms with Crippen molar-refractivity contribution in [1.82, 2.24) is 20.2 Å². The van der Waals surface area contributed by atoms with Gasteiger partial charge in [-0.05, 0) is 68.2 Å². The molecule has 2 aromatic heterocycles. The first kappa shape index (κ1) is 21.0. The van der Waals surface area contributed by atoms with E-state index < -0.39 is 0 Å². The summed E-state index contributed by atoms with van der Waals surface area (Å²) in [6, 6.07) is 10.9. The van der Waals surface area contributed by atoms with Crippen LogP contribution >= 0.6 is 0 Å². The van der Waals surface area contributed by atoms with Gasteiger partial charge in [-0.15, -0.1) is 0 Å². The van der Waals surface area contributed by atoms with Crippen LogP contribution in [-0.2, 0) is 17.8 Å². The Bertz CT molecular complexity index is 826. The average Bonchev–Trinajstić information content (AvgIpc) is 3.31. The molecule has 4 heterocycles. The zero-order valence-electron chi connectivity index (χ0n) is 18.3. The van der Waals surface area contributed by atoms with Crippen molar-refractivity contribution in [1.29, 1.82) is 0 Å². The van der Waals surface area contributed by atoms with Gasteiger partial charge in [0.15, 0.2) is 0 Å². The van der Waals surface area contributed by atoms with Crippen LogP contribution in [0, 0.1) is 11.3 Å². The van der Waals surface area contributed by atoms with Crippen molar-refractivity contribution in [3.8, 4) is 0 Å². The summed E-state index contributed by atoms with van der Waals surface area (Å²) in [6.07, 6.45) is 12.0. The van der Waals surface area contributed by atoms with Crippen LogP contribution in [-0.4, -0.2) is 39.4 Å². The fraction of sp³-hybridized carbons (Fsp3) is 0.560. The van der Waals surface area contributed by atoms with E-state index in [1.165, 1.54) is 12.0 Å². The van der Waals surface area contributed by atoms with Crippen molar-refractivity contribution >= 4 is 5.91 Å². The van der Waals surface area contributed by atoms with E-state index in [2.05, 4.69) is 40.1 Å². The molecule has 2 aromatic rings. The number of hydrogen-bond acceptors (Lipinski definition) is 4. The number of aromatic nitrogens is 2. The van der Waals surface area contributed by atoms with Gasteiger partial charge in [-0.2, -0.15) is 0 Å². The third kappa shape index (κ3) is 4.41. The molecule has 0 spiro atoms. The normalized spacial score (nSPS) is 25.7. The molecular formula is C25H34N4O. The third-order valence-corrected chi connectivity index (χ3v) is 7.04. The molecule has 0 unspecified atom stereocenters. The maximum atomic E-state index is 13.6. The van der Waals surface area contributed by atoms with Crippen molar-refractivity contribution in [3.63, 3.8) is 0 Å². The highest BCUT2D eigenvalue weighted by atomic mass is 16.2. The maximum absolute atomic E-state index is 13.6. The molecule has 2 aliphatic heterocycles. The van der Waals surface area contributed by atoms with Crippen molar-refractivity contribution in [2.75, 3.05) is 6.54 Å². The standard InChI is InChI=1S/C25H34N4O/c1-19(2)10-12-25(24(30)28-18-21-7-3-4-14-27-21)16-22-8-9-23(25)29(22)15-11-20-6-5-13-26-17-20/h3-7,13-14,17,19,22-23H,8-12,15-16,18H2,1-2H3,(H,28,30)/t22-,23+,25+/m1/s1. The number of amides is 1. The lowest BCUT2D eigenvalue weighted by atomic mass is 9.69. The highest BCUT2D eigenvalue weighted by Gasteiger charge is 2.58. The fourth-order valence-electron chi connectivity index (χ4n) is 5.47. The number of nitrogens with zero attached hydrogens (tertiary/aromatic N) is 3. The number of hydrogen-bond donors (Lipinski definition) is 1. The summed E-state index contributed by atoms with van der Waals surface area (Å²) in [5, 5.41) is 3.25. The van der Waals surface area contributed by atoms with Crippen LogP contribution in [0.5, 0.6) is 0 Å². The van der Waals surface area contributed by atoms with E-state index in [9.17, 15) is 4.79 Å². The fourth-order valence-corrected chi connectivity index (χ4v) is 5.47. The van der Waals surface area contributed by atoms with E-state index in [1.54, 1.807) is 6.20 Å². The summed E-state index contributed by atoms with van der Waals surface area (Å²) in [6.45, 7) is 6.04. The molecular weight excluding hydrogens is 372 g/mol. The van der Waals surface area contributed by atoms with Crippen LogP contribution in [0.2, 0.25) is 0 Å². The quantitative estimate of drug-likeness (QED) is 0.684. The van der Waals surface area contributed by atoms with Crippen molar-refractivity contribution in [3.05, 3.63) is 60.2 Å². The van der Waals surface area contributed by atoms with E-state index in [4.69, 9.17) is 0 Å². The first-order valence-electron chi connectivity index (χ1n) is 11.4. The molecule has 1 amide bonds. The minimum absolute atomic E-state index is 0.229. The highest BCUT2D eigenvalue weighted by molar-refractivity contribution is 5.84. The molecule has 5 heteroatoms. The SMILES string of the molecule is CC(C)CC[C@]1(C(=O)NCc2ccccn2)C[C@H]2CC[C@@H]1N2CCc1cccnc1. The van der Waals surface area contributed by atoms with Crippen molar-refractivity contribution < 1.29 is 4.79 Å². The Morgan fingerprint density at radius 3 is 2.87 bits per heavy atom. The molecule has 0 aliphatic carbocycles. The molecule has 30 heavy (non-hydrogen) atoms. The molecule has 0 saturated carbocycles. The summed E-state index contributed by atoms with van der Waals surface area (Å²) in [5.41, 5.74) is 1.93. The molecule has 1 N–H and O–H groups in total. The molecule has 0 aromatic carbocycles. The predicted molar refractivity (Wildman–Crippen MR) is 119 cm³/mol. The van der Waals surface area contributed by atoms with Gasteiger partial charge in [0.25, 0.3) is 0 Å². The van der Waals surface area contributed by atoms with Gasteiger partial charge in [-0.25, -0.2) is 0 Å². The average molecular weight is 407 g/mol. The smallest absolute Gasteiger partial charge is 0.228 e. The molecule has 160 valence electrons. The minimum Gasteiger partial charge on any atom is -0.350 e. The lowest BCUT2D eigenvalue weighted by molar-refractivity contribution is -0.133. The molecule has 4 rings (SSSR count). The first-order chi connectivity index (χ1) is 14.6. The van der Waals surface area contributed by atoms with Gasteiger partial charge in [0, 0.05) is 37.2 Å². The molecule has 2 saturated heterocycles.